The largest absolute Gasteiger partial charge is 0.318 e. The Balaban J connectivity index is 1.86. The number of hydrogen-bond donors (Lipinski definition) is 3. The number of likely N-dealkylation sites (N-methyl/N-ethyl adjacent to an activating group) is 2. The van der Waals surface area contributed by atoms with Gasteiger partial charge in [0.2, 0.25) is 0 Å². The fraction of sp³-hybridized carbons (Fsp3) is 1.00. The van der Waals surface area contributed by atoms with Gasteiger partial charge in [-0.15, -0.1) is 0 Å². The minimum absolute atomic E-state index is 0.0558. The summed E-state index contributed by atoms with van der Waals surface area (Å²) in [5.41, 5.74) is 6.39. The van der Waals surface area contributed by atoms with Crippen LogP contribution < -0.4 is 16.2 Å². The molecule has 3 N–H and O–H groups in total. The average Bonchev–Trinajstić information content (AvgIpc) is 2.84. The van der Waals surface area contributed by atoms with Crippen LogP contribution in [0.1, 0.15) is 19.3 Å². The fourth-order valence-electron chi connectivity index (χ4n) is 3.48. The van der Waals surface area contributed by atoms with E-state index < -0.39 is 12.3 Å². The summed E-state index contributed by atoms with van der Waals surface area (Å²) in [6.45, 7) is 3.73. The van der Waals surface area contributed by atoms with Crippen molar-refractivity contribution in [3.63, 3.8) is 0 Å². The van der Waals surface area contributed by atoms with Crippen LogP contribution in [0.25, 0.3) is 0 Å². The van der Waals surface area contributed by atoms with Crippen LogP contribution in [0.4, 0.5) is 8.78 Å². The summed E-state index contributed by atoms with van der Waals surface area (Å²) in [7, 11) is 4.04. The summed E-state index contributed by atoms with van der Waals surface area (Å²) >= 11 is 0. The van der Waals surface area contributed by atoms with Crippen LogP contribution in [-0.4, -0.2) is 63.6 Å². The van der Waals surface area contributed by atoms with E-state index in [2.05, 4.69) is 28.1 Å². The van der Waals surface area contributed by atoms with Gasteiger partial charge in [-0.3, -0.25) is 10.9 Å². The minimum atomic E-state index is -1.01. The van der Waals surface area contributed by atoms with E-state index in [-0.39, 0.29) is 18.4 Å². The first-order chi connectivity index (χ1) is 9.61. The molecule has 4 nitrogen and oxygen atoms in total. The molecule has 1 saturated heterocycles. The highest BCUT2D eigenvalue weighted by atomic mass is 19.1. The molecule has 0 spiro atoms. The van der Waals surface area contributed by atoms with Gasteiger partial charge in [-0.05, 0) is 26.9 Å². The van der Waals surface area contributed by atoms with Gasteiger partial charge >= 0.3 is 0 Å². The molecular weight excluding hydrogens is 262 g/mol. The molecule has 1 aliphatic heterocycles. The zero-order valence-corrected chi connectivity index (χ0v) is 12.5. The lowest BCUT2D eigenvalue weighted by molar-refractivity contribution is 0.0675. The third-order valence-electron chi connectivity index (χ3n) is 4.65. The summed E-state index contributed by atoms with van der Waals surface area (Å²) < 4.78 is 27.4. The van der Waals surface area contributed by atoms with E-state index in [1.165, 1.54) is 0 Å². The van der Waals surface area contributed by atoms with E-state index >= 15 is 0 Å². The average molecular weight is 290 g/mol. The van der Waals surface area contributed by atoms with Crippen molar-refractivity contribution in [3.8, 4) is 0 Å². The Morgan fingerprint density at radius 1 is 1.30 bits per heavy atom. The molecule has 118 valence electrons. The molecule has 0 aromatic carbocycles. The number of halogens is 2. The van der Waals surface area contributed by atoms with Crippen molar-refractivity contribution in [2.75, 3.05) is 40.3 Å². The second-order valence-corrected chi connectivity index (χ2v) is 6.27. The van der Waals surface area contributed by atoms with E-state index in [4.69, 9.17) is 0 Å². The Morgan fingerprint density at radius 3 is 2.80 bits per heavy atom. The molecule has 2 rings (SSSR count). The van der Waals surface area contributed by atoms with Crippen molar-refractivity contribution in [1.29, 1.82) is 0 Å². The first kappa shape index (κ1) is 16.1. The minimum Gasteiger partial charge on any atom is -0.318 e. The standard InChI is InChI=1S/C14H28F2N4/c1-17-5-6-20(2)9-10-8-18-19-14(10)12-4-3-11(15)7-13(12)16/h10-14,17-19H,3-9H2,1-2H3. The van der Waals surface area contributed by atoms with Gasteiger partial charge in [0.15, 0.2) is 0 Å². The number of alkyl halides is 2. The molecule has 1 heterocycles. The lowest BCUT2D eigenvalue weighted by atomic mass is 9.77. The van der Waals surface area contributed by atoms with Crippen molar-refractivity contribution in [3.05, 3.63) is 0 Å². The normalized spacial score (nSPS) is 38.5. The maximum atomic E-state index is 14.1. The number of nitrogens with one attached hydrogen (secondary N) is 3. The van der Waals surface area contributed by atoms with Crippen LogP contribution in [-0.2, 0) is 0 Å². The van der Waals surface area contributed by atoms with Gasteiger partial charge in [-0.25, -0.2) is 8.78 Å². The number of nitrogens with zero attached hydrogens (tertiary/aromatic N) is 1. The second kappa shape index (κ2) is 7.64. The Morgan fingerprint density at radius 2 is 2.10 bits per heavy atom. The molecule has 2 aliphatic rings. The smallest absolute Gasteiger partial charge is 0.107 e. The number of rotatable bonds is 6. The monoisotopic (exact) mass is 290 g/mol. The van der Waals surface area contributed by atoms with Crippen molar-refractivity contribution >= 4 is 0 Å². The lowest BCUT2D eigenvalue weighted by Crippen LogP contribution is -2.47. The molecule has 2 fully saturated rings. The van der Waals surface area contributed by atoms with Crippen molar-refractivity contribution in [2.24, 2.45) is 11.8 Å². The molecular formula is C14H28F2N4. The van der Waals surface area contributed by atoms with E-state index in [0.717, 1.165) is 26.2 Å². The van der Waals surface area contributed by atoms with Gasteiger partial charge in [-0.2, -0.15) is 0 Å². The molecule has 0 aromatic rings. The van der Waals surface area contributed by atoms with Crippen LogP contribution in [0.15, 0.2) is 0 Å². The van der Waals surface area contributed by atoms with Gasteiger partial charge < -0.3 is 10.2 Å². The molecule has 5 unspecified atom stereocenters. The first-order valence-corrected chi connectivity index (χ1v) is 7.71. The molecule has 5 atom stereocenters. The van der Waals surface area contributed by atoms with E-state index in [0.29, 0.717) is 18.8 Å². The van der Waals surface area contributed by atoms with Crippen molar-refractivity contribution in [1.82, 2.24) is 21.1 Å². The van der Waals surface area contributed by atoms with Crippen molar-refractivity contribution < 1.29 is 8.78 Å². The Hall–Kier alpha value is -0.300. The highest BCUT2D eigenvalue weighted by molar-refractivity contribution is 4.95. The fourth-order valence-corrected chi connectivity index (χ4v) is 3.48. The molecule has 0 radical (unpaired) electrons. The highest BCUT2D eigenvalue weighted by Crippen LogP contribution is 2.34. The van der Waals surface area contributed by atoms with E-state index in [1.807, 2.05) is 7.05 Å². The first-order valence-electron chi connectivity index (χ1n) is 7.71. The lowest BCUT2D eigenvalue weighted by Gasteiger charge is -2.35. The van der Waals surface area contributed by atoms with E-state index in [1.54, 1.807) is 0 Å². The third kappa shape index (κ3) is 4.10. The zero-order chi connectivity index (χ0) is 14.5. The topological polar surface area (TPSA) is 39.3 Å². The number of hydrazine groups is 1. The van der Waals surface area contributed by atoms with Crippen molar-refractivity contribution in [2.45, 2.75) is 37.6 Å². The van der Waals surface area contributed by atoms with Crippen LogP contribution in [0.3, 0.4) is 0 Å². The summed E-state index contributed by atoms with van der Waals surface area (Å²) in [6, 6.07) is 0.120. The van der Waals surface area contributed by atoms with Crippen LogP contribution >= 0.6 is 0 Å². The Bertz CT molecular complexity index is 292. The van der Waals surface area contributed by atoms with Gasteiger partial charge in [0.1, 0.15) is 12.3 Å². The molecule has 0 aromatic heterocycles. The summed E-state index contributed by atoms with van der Waals surface area (Å²) in [6.07, 6.45) is -0.733. The third-order valence-corrected chi connectivity index (χ3v) is 4.65. The maximum Gasteiger partial charge on any atom is 0.107 e. The maximum absolute atomic E-state index is 14.1. The van der Waals surface area contributed by atoms with Crippen LogP contribution in [0.5, 0.6) is 0 Å². The molecule has 0 bridgehead atoms. The van der Waals surface area contributed by atoms with Gasteiger partial charge in [0.25, 0.3) is 0 Å². The predicted molar refractivity (Wildman–Crippen MR) is 77.0 cm³/mol. The SMILES string of the molecule is CNCCN(C)CC1CNNC1C1CCC(F)CC1F. The van der Waals surface area contributed by atoms with Crippen LogP contribution in [0, 0.1) is 11.8 Å². The van der Waals surface area contributed by atoms with Gasteiger partial charge in [0.05, 0.1) is 0 Å². The van der Waals surface area contributed by atoms with Crippen LogP contribution in [0.2, 0.25) is 0 Å². The summed E-state index contributed by atoms with van der Waals surface area (Å²) in [5.74, 6) is 0.330. The Kier molecular flexibility index (Phi) is 6.14. The quantitative estimate of drug-likeness (QED) is 0.674. The van der Waals surface area contributed by atoms with Gasteiger partial charge in [-0.1, -0.05) is 0 Å². The summed E-state index contributed by atoms with van der Waals surface area (Å²) in [5, 5.41) is 3.14. The Labute approximate surface area is 120 Å². The predicted octanol–water partition coefficient (Wildman–Crippen LogP) is 0.707. The highest BCUT2D eigenvalue weighted by Gasteiger charge is 2.41. The molecule has 0 amide bonds. The molecule has 1 saturated carbocycles. The number of hydrogen-bond acceptors (Lipinski definition) is 4. The zero-order valence-electron chi connectivity index (χ0n) is 12.5. The van der Waals surface area contributed by atoms with E-state index in [9.17, 15) is 8.78 Å². The van der Waals surface area contributed by atoms with Gasteiger partial charge in [0, 0.05) is 50.5 Å². The molecule has 6 heteroatoms. The molecule has 20 heavy (non-hydrogen) atoms. The second-order valence-electron chi connectivity index (χ2n) is 6.27. The molecule has 1 aliphatic carbocycles. The summed E-state index contributed by atoms with van der Waals surface area (Å²) in [4.78, 5) is 2.27.